The molecule has 0 saturated heterocycles. The number of benzene rings is 2. The van der Waals surface area contributed by atoms with Crippen LogP contribution in [0.5, 0.6) is 5.75 Å². The molecular formula is C20H23N3O2. The molecule has 0 saturated carbocycles. The van der Waals surface area contributed by atoms with Gasteiger partial charge in [-0.25, -0.2) is 0 Å². The third-order valence-electron chi connectivity index (χ3n) is 4.17. The van der Waals surface area contributed by atoms with E-state index in [1.54, 1.807) is 7.11 Å². The van der Waals surface area contributed by atoms with Crippen molar-refractivity contribution in [1.29, 1.82) is 0 Å². The van der Waals surface area contributed by atoms with Gasteiger partial charge in [0.1, 0.15) is 5.75 Å². The van der Waals surface area contributed by atoms with Crippen LogP contribution in [-0.4, -0.2) is 31.1 Å². The van der Waals surface area contributed by atoms with E-state index in [0.29, 0.717) is 19.5 Å². The second kappa shape index (κ2) is 8.24. The van der Waals surface area contributed by atoms with Crippen molar-refractivity contribution < 1.29 is 9.53 Å². The van der Waals surface area contributed by atoms with Gasteiger partial charge in [0.25, 0.3) is 0 Å². The first kappa shape index (κ1) is 16.9. The topological polar surface area (TPSA) is 66.2 Å². The van der Waals surface area contributed by atoms with E-state index in [4.69, 9.17) is 4.74 Å². The zero-order valence-electron chi connectivity index (χ0n) is 14.3. The molecule has 1 aromatic heterocycles. The van der Waals surface area contributed by atoms with Crippen LogP contribution in [0.3, 0.4) is 0 Å². The minimum absolute atomic E-state index is 0.0437. The summed E-state index contributed by atoms with van der Waals surface area (Å²) >= 11 is 0. The molecule has 0 aliphatic heterocycles. The molecule has 0 fully saturated rings. The predicted molar refractivity (Wildman–Crippen MR) is 101 cm³/mol. The minimum atomic E-state index is 0.0437. The first-order valence-electron chi connectivity index (χ1n) is 8.46. The number of carbonyl (C=O) groups excluding carboxylic acids is 1. The normalized spacial score (nSPS) is 10.6. The van der Waals surface area contributed by atoms with Crippen molar-refractivity contribution in [2.75, 3.05) is 25.5 Å². The third-order valence-corrected chi connectivity index (χ3v) is 4.17. The Morgan fingerprint density at radius 2 is 1.88 bits per heavy atom. The number of carbonyl (C=O) groups is 1. The predicted octanol–water partition coefficient (Wildman–Crippen LogP) is 3.34. The largest absolute Gasteiger partial charge is 0.495 e. The van der Waals surface area contributed by atoms with E-state index in [9.17, 15) is 4.79 Å². The van der Waals surface area contributed by atoms with Crippen LogP contribution in [0.1, 0.15) is 12.0 Å². The van der Waals surface area contributed by atoms with Gasteiger partial charge in [0.15, 0.2) is 0 Å². The number of para-hydroxylation sites is 3. The fraction of sp³-hybridized carbons (Fsp3) is 0.250. The van der Waals surface area contributed by atoms with Crippen LogP contribution in [0.2, 0.25) is 0 Å². The summed E-state index contributed by atoms with van der Waals surface area (Å²) in [5.74, 6) is 0.824. The molecule has 5 heteroatoms. The Balaban J connectivity index is 1.41. The number of hydrogen-bond donors (Lipinski definition) is 3. The number of methoxy groups -OCH3 is 1. The van der Waals surface area contributed by atoms with E-state index in [1.807, 2.05) is 42.6 Å². The van der Waals surface area contributed by atoms with Crippen LogP contribution >= 0.6 is 0 Å². The van der Waals surface area contributed by atoms with Gasteiger partial charge in [-0.15, -0.1) is 0 Å². The molecule has 25 heavy (non-hydrogen) atoms. The molecule has 0 unspecified atom stereocenters. The van der Waals surface area contributed by atoms with Crippen molar-refractivity contribution in [3.63, 3.8) is 0 Å². The van der Waals surface area contributed by atoms with Gasteiger partial charge in [0.05, 0.1) is 12.8 Å². The van der Waals surface area contributed by atoms with Crippen molar-refractivity contribution in [2.45, 2.75) is 12.8 Å². The molecule has 1 heterocycles. The lowest BCUT2D eigenvalue weighted by Crippen LogP contribution is -2.27. The number of ether oxygens (including phenoxy) is 1. The highest BCUT2D eigenvalue weighted by Crippen LogP contribution is 2.22. The average molecular weight is 337 g/mol. The number of anilines is 1. The van der Waals surface area contributed by atoms with Gasteiger partial charge < -0.3 is 20.4 Å². The summed E-state index contributed by atoms with van der Waals surface area (Å²) in [6, 6.07) is 15.9. The molecule has 0 aliphatic rings. The highest BCUT2D eigenvalue weighted by atomic mass is 16.5. The van der Waals surface area contributed by atoms with Gasteiger partial charge >= 0.3 is 0 Å². The van der Waals surface area contributed by atoms with Gasteiger partial charge in [-0.3, -0.25) is 4.79 Å². The van der Waals surface area contributed by atoms with Gasteiger partial charge in [0.2, 0.25) is 5.91 Å². The quantitative estimate of drug-likeness (QED) is 0.591. The molecule has 0 atom stereocenters. The van der Waals surface area contributed by atoms with E-state index in [0.717, 1.165) is 23.4 Å². The Morgan fingerprint density at radius 1 is 1.08 bits per heavy atom. The molecule has 0 aliphatic carbocycles. The van der Waals surface area contributed by atoms with E-state index in [-0.39, 0.29) is 5.91 Å². The maximum atomic E-state index is 12.0. The lowest BCUT2D eigenvalue weighted by Gasteiger charge is -2.10. The van der Waals surface area contributed by atoms with Crippen molar-refractivity contribution in [3.8, 4) is 5.75 Å². The summed E-state index contributed by atoms with van der Waals surface area (Å²) in [5, 5.41) is 7.43. The SMILES string of the molecule is COc1ccccc1NCCC(=O)NCCc1c[nH]c2ccccc12. The van der Waals surface area contributed by atoms with Crippen LogP contribution in [0, 0.1) is 0 Å². The number of H-pyrrole nitrogens is 1. The summed E-state index contributed by atoms with van der Waals surface area (Å²) in [5.41, 5.74) is 3.25. The highest BCUT2D eigenvalue weighted by molar-refractivity contribution is 5.83. The first-order valence-corrected chi connectivity index (χ1v) is 8.46. The number of nitrogens with one attached hydrogen (secondary N) is 3. The summed E-state index contributed by atoms with van der Waals surface area (Å²) in [6.45, 7) is 1.20. The summed E-state index contributed by atoms with van der Waals surface area (Å²) < 4.78 is 5.28. The molecule has 130 valence electrons. The Morgan fingerprint density at radius 3 is 2.76 bits per heavy atom. The van der Waals surface area contributed by atoms with E-state index < -0.39 is 0 Å². The third kappa shape index (κ3) is 4.32. The lowest BCUT2D eigenvalue weighted by atomic mass is 10.1. The average Bonchev–Trinajstić information content (AvgIpc) is 3.05. The fourth-order valence-corrected chi connectivity index (χ4v) is 2.86. The number of aromatic amines is 1. The maximum absolute atomic E-state index is 12.0. The second-order valence-corrected chi connectivity index (χ2v) is 5.84. The summed E-state index contributed by atoms with van der Waals surface area (Å²) in [6.07, 6.45) is 3.25. The molecule has 5 nitrogen and oxygen atoms in total. The molecule has 3 N–H and O–H groups in total. The van der Waals surface area contributed by atoms with E-state index in [1.165, 1.54) is 10.9 Å². The van der Waals surface area contributed by atoms with Crippen molar-refractivity contribution >= 4 is 22.5 Å². The number of aromatic nitrogens is 1. The van der Waals surface area contributed by atoms with Crippen molar-refractivity contribution in [1.82, 2.24) is 10.3 Å². The van der Waals surface area contributed by atoms with E-state index >= 15 is 0 Å². The van der Waals surface area contributed by atoms with Crippen molar-refractivity contribution in [2.24, 2.45) is 0 Å². The maximum Gasteiger partial charge on any atom is 0.221 e. The molecule has 3 rings (SSSR count). The Kier molecular flexibility index (Phi) is 5.57. The summed E-state index contributed by atoms with van der Waals surface area (Å²) in [7, 11) is 1.64. The van der Waals surface area contributed by atoms with Gasteiger partial charge in [-0.05, 0) is 30.2 Å². The molecule has 0 radical (unpaired) electrons. The highest BCUT2D eigenvalue weighted by Gasteiger charge is 2.05. The smallest absolute Gasteiger partial charge is 0.221 e. The van der Waals surface area contributed by atoms with Gasteiger partial charge in [0, 0.05) is 36.6 Å². The number of hydrogen-bond acceptors (Lipinski definition) is 3. The van der Waals surface area contributed by atoms with Crippen LogP contribution < -0.4 is 15.4 Å². The monoisotopic (exact) mass is 337 g/mol. The van der Waals surface area contributed by atoms with Gasteiger partial charge in [-0.2, -0.15) is 0 Å². The molecule has 3 aromatic rings. The van der Waals surface area contributed by atoms with Crippen LogP contribution in [0.25, 0.3) is 10.9 Å². The first-order chi connectivity index (χ1) is 12.3. The lowest BCUT2D eigenvalue weighted by molar-refractivity contribution is -0.120. The zero-order valence-corrected chi connectivity index (χ0v) is 14.3. The van der Waals surface area contributed by atoms with Crippen molar-refractivity contribution in [3.05, 3.63) is 60.3 Å². The minimum Gasteiger partial charge on any atom is -0.495 e. The van der Waals surface area contributed by atoms with Crippen LogP contribution in [0.4, 0.5) is 5.69 Å². The number of fused-ring (bicyclic) bond motifs is 1. The molecular weight excluding hydrogens is 314 g/mol. The molecule has 0 bridgehead atoms. The van der Waals surface area contributed by atoms with Crippen LogP contribution in [-0.2, 0) is 11.2 Å². The Hall–Kier alpha value is -2.95. The summed E-state index contributed by atoms with van der Waals surface area (Å²) in [4.78, 5) is 15.2. The van der Waals surface area contributed by atoms with E-state index in [2.05, 4.69) is 27.8 Å². The number of rotatable bonds is 8. The Labute approximate surface area is 147 Å². The zero-order chi connectivity index (χ0) is 17.5. The standard InChI is InChI=1S/C20H23N3O2/c1-25-19-9-5-4-8-18(19)21-13-11-20(24)22-12-10-15-14-23-17-7-3-2-6-16(15)17/h2-9,14,21,23H,10-13H2,1H3,(H,22,24). The molecule has 1 amide bonds. The molecule has 0 spiro atoms. The fourth-order valence-electron chi connectivity index (χ4n) is 2.86. The van der Waals surface area contributed by atoms with Gasteiger partial charge in [-0.1, -0.05) is 30.3 Å². The molecule has 2 aromatic carbocycles. The van der Waals surface area contributed by atoms with Crippen LogP contribution in [0.15, 0.2) is 54.7 Å². The second-order valence-electron chi connectivity index (χ2n) is 5.84. The Bertz CT molecular complexity index is 842. The number of amides is 1.